The van der Waals surface area contributed by atoms with Gasteiger partial charge in [-0.05, 0) is 31.1 Å². The van der Waals surface area contributed by atoms with Gasteiger partial charge in [-0.2, -0.15) is 0 Å². The van der Waals surface area contributed by atoms with Crippen LogP contribution in [-0.4, -0.2) is 36.7 Å². The highest BCUT2D eigenvalue weighted by atomic mass is 16.5. The molecule has 18 heavy (non-hydrogen) atoms. The zero-order valence-electron chi connectivity index (χ0n) is 13.6. The van der Waals surface area contributed by atoms with Crippen LogP contribution in [-0.2, 0) is 4.74 Å². The molecule has 0 aromatic heterocycles. The average Bonchev–Trinajstić information content (AvgIpc) is 2.28. The zero-order valence-corrected chi connectivity index (χ0v) is 13.6. The van der Waals surface area contributed by atoms with Crippen LogP contribution in [0.1, 0.15) is 61.3 Å². The summed E-state index contributed by atoms with van der Waals surface area (Å²) < 4.78 is 5.47. The van der Waals surface area contributed by atoms with Gasteiger partial charge in [-0.1, -0.05) is 41.0 Å². The molecule has 1 saturated heterocycles. The molecule has 0 unspecified atom stereocenters. The Bertz CT molecular complexity index is 262. The summed E-state index contributed by atoms with van der Waals surface area (Å²) in [6.45, 7) is 20.7. The second-order valence-corrected chi connectivity index (χ2v) is 7.71. The van der Waals surface area contributed by atoms with Crippen molar-refractivity contribution in [3.8, 4) is 0 Å². The average molecular weight is 255 g/mol. The topological polar surface area (TPSA) is 12.5 Å². The Labute approximate surface area is 114 Å². The van der Waals surface area contributed by atoms with Crippen molar-refractivity contribution in [2.75, 3.05) is 26.3 Å². The molecule has 1 aliphatic heterocycles. The molecular formula is C16H33NO. The second-order valence-electron chi connectivity index (χ2n) is 7.71. The molecule has 0 aliphatic carbocycles. The molecule has 0 aromatic carbocycles. The standard InChI is InChI=1S/C16H33NO/c1-8-14(2,3)15(4,5)13-16(6,7)17-9-11-18-12-10-17/h8-13H2,1-7H3. The maximum Gasteiger partial charge on any atom is 0.0594 e. The summed E-state index contributed by atoms with van der Waals surface area (Å²) >= 11 is 0. The van der Waals surface area contributed by atoms with E-state index in [4.69, 9.17) is 4.74 Å². The number of hydrogen-bond acceptors (Lipinski definition) is 2. The van der Waals surface area contributed by atoms with Gasteiger partial charge in [0.1, 0.15) is 0 Å². The Balaban J connectivity index is 2.74. The Kier molecular flexibility index (Phi) is 4.88. The number of morpholine rings is 1. The summed E-state index contributed by atoms with van der Waals surface area (Å²) in [6, 6.07) is 0. The van der Waals surface area contributed by atoms with Crippen molar-refractivity contribution < 1.29 is 4.74 Å². The molecule has 108 valence electrons. The second kappa shape index (κ2) is 5.50. The Hall–Kier alpha value is -0.0800. The van der Waals surface area contributed by atoms with E-state index < -0.39 is 0 Å². The molecule has 2 heteroatoms. The Morgan fingerprint density at radius 1 is 0.889 bits per heavy atom. The molecular weight excluding hydrogens is 222 g/mol. The van der Waals surface area contributed by atoms with Crippen LogP contribution in [0.2, 0.25) is 0 Å². The summed E-state index contributed by atoms with van der Waals surface area (Å²) in [7, 11) is 0. The first-order valence-corrected chi connectivity index (χ1v) is 7.45. The lowest BCUT2D eigenvalue weighted by atomic mass is 9.61. The normalized spacial score (nSPS) is 20.2. The van der Waals surface area contributed by atoms with Crippen molar-refractivity contribution in [2.24, 2.45) is 10.8 Å². The monoisotopic (exact) mass is 255 g/mol. The highest BCUT2D eigenvalue weighted by molar-refractivity contribution is 4.94. The molecule has 0 saturated carbocycles. The van der Waals surface area contributed by atoms with Crippen LogP contribution < -0.4 is 0 Å². The predicted molar refractivity (Wildman–Crippen MR) is 78.9 cm³/mol. The maximum absolute atomic E-state index is 5.47. The quantitative estimate of drug-likeness (QED) is 0.737. The third kappa shape index (κ3) is 3.48. The predicted octanol–water partition coefficient (Wildman–Crippen LogP) is 3.95. The summed E-state index contributed by atoms with van der Waals surface area (Å²) in [5.41, 5.74) is 1.000. The Morgan fingerprint density at radius 2 is 1.39 bits per heavy atom. The van der Waals surface area contributed by atoms with Crippen LogP contribution in [0.3, 0.4) is 0 Å². The minimum absolute atomic E-state index is 0.264. The zero-order chi connectivity index (χ0) is 14.0. The van der Waals surface area contributed by atoms with Crippen LogP contribution >= 0.6 is 0 Å². The molecule has 0 radical (unpaired) electrons. The molecule has 1 fully saturated rings. The summed E-state index contributed by atoms with van der Waals surface area (Å²) in [4.78, 5) is 2.60. The van der Waals surface area contributed by atoms with Crippen LogP contribution in [0.5, 0.6) is 0 Å². The van der Waals surface area contributed by atoms with Gasteiger partial charge in [0.05, 0.1) is 13.2 Å². The van der Waals surface area contributed by atoms with E-state index in [1.165, 1.54) is 12.8 Å². The number of nitrogens with zero attached hydrogens (tertiary/aromatic N) is 1. The van der Waals surface area contributed by atoms with Gasteiger partial charge in [0.25, 0.3) is 0 Å². The van der Waals surface area contributed by atoms with Crippen LogP contribution in [0.15, 0.2) is 0 Å². The molecule has 0 atom stereocenters. The van der Waals surface area contributed by atoms with E-state index in [2.05, 4.69) is 53.4 Å². The van der Waals surface area contributed by atoms with Gasteiger partial charge >= 0.3 is 0 Å². The smallest absolute Gasteiger partial charge is 0.0594 e. The van der Waals surface area contributed by atoms with E-state index in [-0.39, 0.29) is 5.54 Å². The molecule has 0 aromatic rings. The maximum atomic E-state index is 5.47. The lowest BCUT2D eigenvalue weighted by Crippen LogP contribution is -2.53. The lowest BCUT2D eigenvalue weighted by molar-refractivity contribution is -0.0421. The fourth-order valence-corrected chi connectivity index (χ4v) is 3.08. The minimum Gasteiger partial charge on any atom is -0.379 e. The number of hydrogen-bond donors (Lipinski definition) is 0. The third-order valence-corrected chi connectivity index (χ3v) is 5.46. The fraction of sp³-hybridized carbons (Fsp3) is 1.00. The lowest BCUT2D eigenvalue weighted by Gasteiger charge is -2.50. The van der Waals surface area contributed by atoms with Crippen LogP contribution in [0.25, 0.3) is 0 Å². The molecule has 1 aliphatic rings. The number of rotatable bonds is 5. The highest BCUT2D eigenvalue weighted by Crippen LogP contribution is 2.47. The highest BCUT2D eigenvalue weighted by Gasteiger charge is 2.41. The molecule has 0 spiro atoms. The van der Waals surface area contributed by atoms with Gasteiger partial charge < -0.3 is 4.74 Å². The van der Waals surface area contributed by atoms with Crippen molar-refractivity contribution in [1.82, 2.24) is 4.90 Å². The van der Waals surface area contributed by atoms with Crippen LogP contribution in [0, 0.1) is 10.8 Å². The van der Waals surface area contributed by atoms with Crippen molar-refractivity contribution in [3.05, 3.63) is 0 Å². The van der Waals surface area contributed by atoms with E-state index >= 15 is 0 Å². The molecule has 2 nitrogen and oxygen atoms in total. The van der Waals surface area contributed by atoms with E-state index in [9.17, 15) is 0 Å². The summed E-state index contributed by atoms with van der Waals surface area (Å²) in [5.74, 6) is 0. The van der Waals surface area contributed by atoms with Crippen molar-refractivity contribution >= 4 is 0 Å². The fourth-order valence-electron chi connectivity index (χ4n) is 3.08. The molecule has 0 amide bonds. The minimum atomic E-state index is 0.264. The SMILES string of the molecule is CCC(C)(C)C(C)(C)CC(C)(C)N1CCOCC1. The van der Waals surface area contributed by atoms with Gasteiger partial charge in [0.2, 0.25) is 0 Å². The molecule has 1 heterocycles. The van der Waals surface area contributed by atoms with Gasteiger partial charge in [0.15, 0.2) is 0 Å². The van der Waals surface area contributed by atoms with Crippen molar-refractivity contribution in [2.45, 2.75) is 66.8 Å². The first kappa shape index (κ1) is 16.0. The first-order chi connectivity index (χ1) is 8.12. The van der Waals surface area contributed by atoms with Crippen molar-refractivity contribution in [1.29, 1.82) is 0 Å². The van der Waals surface area contributed by atoms with Gasteiger partial charge in [-0.3, -0.25) is 4.90 Å². The summed E-state index contributed by atoms with van der Waals surface area (Å²) in [6.07, 6.45) is 2.47. The molecule has 0 N–H and O–H groups in total. The van der Waals surface area contributed by atoms with E-state index in [0.717, 1.165) is 26.3 Å². The van der Waals surface area contributed by atoms with E-state index in [0.29, 0.717) is 10.8 Å². The van der Waals surface area contributed by atoms with Crippen molar-refractivity contribution in [3.63, 3.8) is 0 Å². The van der Waals surface area contributed by atoms with Gasteiger partial charge in [-0.15, -0.1) is 0 Å². The third-order valence-electron chi connectivity index (χ3n) is 5.46. The van der Waals surface area contributed by atoms with Gasteiger partial charge in [0, 0.05) is 18.6 Å². The Morgan fingerprint density at radius 3 is 1.83 bits per heavy atom. The van der Waals surface area contributed by atoms with E-state index in [1.807, 2.05) is 0 Å². The largest absolute Gasteiger partial charge is 0.379 e. The molecule has 0 bridgehead atoms. The first-order valence-electron chi connectivity index (χ1n) is 7.45. The number of ether oxygens (including phenoxy) is 1. The van der Waals surface area contributed by atoms with E-state index in [1.54, 1.807) is 0 Å². The molecule has 1 rings (SSSR count). The van der Waals surface area contributed by atoms with Crippen LogP contribution in [0.4, 0.5) is 0 Å². The van der Waals surface area contributed by atoms with Gasteiger partial charge in [-0.25, -0.2) is 0 Å². The summed E-state index contributed by atoms with van der Waals surface area (Å²) in [5, 5.41) is 0.